The molecule has 21 heavy (non-hydrogen) atoms. The maximum absolute atomic E-state index is 13.3. The molecule has 1 saturated carbocycles. The van der Waals surface area contributed by atoms with Crippen molar-refractivity contribution in [1.82, 2.24) is 10.6 Å². The summed E-state index contributed by atoms with van der Waals surface area (Å²) >= 11 is 0. The van der Waals surface area contributed by atoms with E-state index in [0.29, 0.717) is 6.54 Å². The van der Waals surface area contributed by atoms with Crippen molar-refractivity contribution < 1.29 is 9.18 Å². The quantitative estimate of drug-likeness (QED) is 0.897. The van der Waals surface area contributed by atoms with E-state index in [4.69, 9.17) is 0 Å². The third-order valence-electron chi connectivity index (χ3n) is 4.52. The molecule has 0 radical (unpaired) electrons. The topological polar surface area (TPSA) is 41.1 Å². The zero-order chi connectivity index (χ0) is 14.0. The molecule has 2 fully saturated rings. The molecule has 1 aromatic rings. The number of rotatable bonds is 4. The number of carbonyl (C=O) groups is 1. The lowest BCUT2D eigenvalue weighted by molar-refractivity contribution is -0.123. The van der Waals surface area contributed by atoms with Gasteiger partial charge in [0.2, 0.25) is 5.91 Å². The first kappa shape index (κ1) is 16.2. The van der Waals surface area contributed by atoms with Crippen molar-refractivity contribution >= 4 is 18.3 Å². The molecule has 2 aliphatic rings. The molecule has 1 atom stereocenters. The summed E-state index contributed by atoms with van der Waals surface area (Å²) in [5, 5.41) is 6.30. The van der Waals surface area contributed by atoms with Crippen molar-refractivity contribution in [3.05, 3.63) is 35.6 Å². The van der Waals surface area contributed by atoms with Crippen LogP contribution >= 0.6 is 12.4 Å². The number of amides is 1. The molecule has 0 bridgehead atoms. The second-order valence-corrected chi connectivity index (χ2v) is 6.01. The number of halogens is 2. The van der Waals surface area contributed by atoms with Crippen LogP contribution in [0.2, 0.25) is 0 Å². The van der Waals surface area contributed by atoms with Crippen molar-refractivity contribution in [2.24, 2.45) is 0 Å². The predicted octanol–water partition coefficient (Wildman–Crippen LogP) is 2.54. The van der Waals surface area contributed by atoms with Crippen LogP contribution in [0, 0.1) is 5.82 Å². The van der Waals surface area contributed by atoms with Crippen LogP contribution in [-0.2, 0) is 10.2 Å². The fourth-order valence-electron chi connectivity index (χ4n) is 2.99. The van der Waals surface area contributed by atoms with Gasteiger partial charge in [-0.3, -0.25) is 4.79 Å². The fraction of sp³-hybridized carbons (Fsp3) is 0.562. The Morgan fingerprint density at radius 3 is 2.81 bits per heavy atom. The standard InChI is InChI=1S/C16H21FN2O.ClH/c17-13-5-3-4-12(10-13)16(7-8-16)11-19-15(20)14-6-1-2-9-18-14;/h3-5,10,14,18H,1-2,6-9,11H2,(H,19,20);1H. The fourth-order valence-corrected chi connectivity index (χ4v) is 2.99. The summed E-state index contributed by atoms with van der Waals surface area (Å²) in [6.07, 6.45) is 5.22. The molecule has 1 aliphatic heterocycles. The van der Waals surface area contributed by atoms with Crippen LogP contribution in [0.3, 0.4) is 0 Å². The average molecular weight is 313 g/mol. The minimum Gasteiger partial charge on any atom is -0.354 e. The third-order valence-corrected chi connectivity index (χ3v) is 4.52. The molecule has 2 N–H and O–H groups in total. The van der Waals surface area contributed by atoms with E-state index in [0.717, 1.165) is 44.2 Å². The Balaban J connectivity index is 0.00000161. The van der Waals surface area contributed by atoms with Gasteiger partial charge < -0.3 is 10.6 Å². The van der Waals surface area contributed by atoms with E-state index in [1.165, 1.54) is 6.07 Å². The van der Waals surface area contributed by atoms with Gasteiger partial charge in [-0.15, -0.1) is 12.4 Å². The Hall–Kier alpha value is -1.13. The Labute approximate surface area is 131 Å². The van der Waals surface area contributed by atoms with Gasteiger partial charge in [-0.2, -0.15) is 0 Å². The molecule has 3 rings (SSSR count). The molecule has 1 aliphatic carbocycles. The van der Waals surface area contributed by atoms with Gasteiger partial charge in [0.05, 0.1) is 6.04 Å². The van der Waals surface area contributed by atoms with Crippen molar-refractivity contribution in [3.8, 4) is 0 Å². The molecule has 1 unspecified atom stereocenters. The van der Waals surface area contributed by atoms with E-state index in [-0.39, 0.29) is 35.6 Å². The molecule has 116 valence electrons. The summed E-state index contributed by atoms with van der Waals surface area (Å²) in [6, 6.07) is 6.71. The lowest BCUT2D eigenvalue weighted by Crippen LogP contribution is -2.48. The summed E-state index contributed by atoms with van der Waals surface area (Å²) in [7, 11) is 0. The molecular formula is C16H22ClFN2O. The van der Waals surface area contributed by atoms with Gasteiger partial charge >= 0.3 is 0 Å². The largest absolute Gasteiger partial charge is 0.354 e. The Morgan fingerprint density at radius 2 is 2.19 bits per heavy atom. The summed E-state index contributed by atoms with van der Waals surface area (Å²) < 4.78 is 13.3. The Morgan fingerprint density at radius 1 is 1.38 bits per heavy atom. The molecule has 5 heteroatoms. The average Bonchev–Trinajstić information content (AvgIpc) is 3.27. The number of hydrogen-bond donors (Lipinski definition) is 2. The zero-order valence-electron chi connectivity index (χ0n) is 12.0. The summed E-state index contributed by atoms with van der Waals surface area (Å²) in [5.74, 6) is -0.110. The predicted molar refractivity (Wildman–Crippen MR) is 83.2 cm³/mol. The molecule has 1 aromatic carbocycles. The van der Waals surface area contributed by atoms with Crippen molar-refractivity contribution in [2.45, 2.75) is 43.6 Å². The second kappa shape index (κ2) is 6.75. The highest BCUT2D eigenvalue weighted by atomic mass is 35.5. The van der Waals surface area contributed by atoms with Gasteiger partial charge in [0.25, 0.3) is 0 Å². The molecule has 0 aromatic heterocycles. The number of hydrogen-bond acceptors (Lipinski definition) is 2. The smallest absolute Gasteiger partial charge is 0.237 e. The second-order valence-electron chi connectivity index (χ2n) is 6.01. The Kier molecular flexibility index (Phi) is 5.22. The highest BCUT2D eigenvalue weighted by molar-refractivity contribution is 5.85. The summed E-state index contributed by atoms with van der Waals surface area (Å²) in [5.41, 5.74) is 0.973. The molecular weight excluding hydrogens is 291 g/mol. The third kappa shape index (κ3) is 3.74. The minimum atomic E-state index is -0.200. The molecule has 3 nitrogen and oxygen atoms in total. The SMILES string of the molecule is Cl.O=C(NCC1(c2cccc(F)c2)CC1)C1CCCCN1. The van der Waals surface area contributed by atoms with Crippen molar-refractivity contribution in [1.29, 1.82) is 0 Å². The van der Waals surface area contributed by atoms with Crippen LogP contribution in [0.15, 0.2) is 24.3 Å². The van der Waals surface area contributed by atoms with Crippen LogP contribution in [0.25, 0.3) is 0 Å². The van der Waals surface area contributed by atoms with Gasteiger partial charge in [0.1, 0.15) is 5.82 Å². The van der Waals surface area contributed by atoms with E-state index < -0.39 is 0 Å². The first-order valence-electron chi connectivity index (χ1n) is 7.47. The van der Waals surface area contributed by atoms with Crippen LogP contribution < -0.4 is 10.6 Å². The Bertz CT molecular complexity index is 499. The number of benzene rings is 1. The normalized spacial score (nSPS) is 23.0. The number of nitrogens with one attached hydrogen (secondary N) is 2. The van der Waals surface area contributed by atoms with Crippen LogP contribution in [0.1, 0.15) is 37.7 Å². The van der Waals surface area contributed by atoms with Crippen molar-refractivity contribution in [3.63, 3.8) is 0 Å². The van der Waals surface area contributed by atoms with Gasteiger partial charge in [-0.25, -0.2) is 4.39 Å². The van der Waals surface area contributed by atoms with E-state index in [2.05, 4.69) is 10.6 Å². The van der Waals surface area contributed by atoms with Crippen LogP contribution in [0.4, 0.5) is 4.39 Å². The maximum Gasteiger partial charge on any atom is 0.237 e. The van der Waals surface area contributed by atoms with E-state index in [1.54, 1.807) is 12.1 Å². The maximum atomic E-state index is 13.3. The molecule has 0 spiro atoms. The highest BCUT2D eigenvalue weighted by Crippen LogP contribution is 2.47. The zero-order valence-corrected chi connectivity index (χ0v) is 12.8. The van der Waals surface area contributed by atoms with Gasteiger partial charge in [-0.05, 0) is 49.9 Å². The first-order valence-corrected chi connectivity index (χ1v) is 7.47. The number of carbonyl (C=O) groups excluding carboxylic acids is 1. The molecule has 1 heterocycles. The lowest BCUT2D eigenvalue weighted by atomic mass is 9.95. The van der Waals surface area contributed by atoms with E-state index in [9.17, 15) is 9.18 Å². The monoisotopic (exact) mass is 312 g/mol. The molecule has 1 amide bonds. The minimum absolute atomic E-state index is 0. The van der Waals surface area contributed by atoms with Gasteiger partial charge in [0, 0.05) is 12.0 Å². The number of piperidine rings is 1. The summed E-state index contributed by atoms with van der Waals surface area (Å²) in [6.45, 7) is 1.54. The molecule has 1 saturated heterocycles. The lowest BCUT2D eigenvalue weighted by Gasteiger charge is -2.24. The first-order chi connectivity index (χ1) is 9.70. The van der Waals surface area contributed by atoms with E-state index in [1.807, 2.05) is 6.07 Å². The highest BCUT2D eigenvalue weighted by Gasteiger charge is 2.44. The van der Waals surface area contributed by atoms with Crippen molar-refractivity contribution in [2.75, 3.05) is 13.1 Å². The van der Waals surface area contributed by atoms with Gasteiger partial charge in [0.15, 0.2) is 0 Å². The van der Waals surface area contributed by atoms with Crippen LogP contribution in [0.5, 0.6) is 0 Å². The van der Waals surface area contributed by atoms with Gasteiger partial charge in [-0.1, -0.05) is 18.6 Å². The summed E-state index contributed by atoms with van der Waals surface area (Å²) in [4.78, 5) is 12.1. The van der Waals surface area contributed by atoms with Crippen LogP contribution in [-0.4, -0.2) is 25.0 Å². The van der Waals surface area contributed by atoms with E-state index >= 15 is 0 Å².